The van der Waals surface area contributed by atoms with Crippen molar-refractivity contribution in [2.75, 3.05) is 0 Å². The first-order valence-electron chi connectivity index (χ1n) is 3.31. The van der Waals surface area contributed by atoms with Crippen LogP contribution >= 0.6 is 0 Å². The molecule has 0 aromatic heterocycles. The molecule has 0 radical (unpaired) electrons. The van der Waals surface area contributed by atoms with Gasteiger partial charge < -0.3 is 0 Å². The summed E-state index contributed by atoms with van der Waals surface area (Å²) in [6.07, 6.45) is 1.20. The van der Waals surface area contributed by atoms with Crippen molar-refractivity contribution < 1.29 is 5.11 Å². The molecule has 0 aliphatic carbocycles. The van der Waals surface area contributed by atoms with E-state index in [2.05, 4.69) is 6.07 Å². The van der Waals surface area contributed by atoms with Crippen molar-refractivity contribution >= 4 is 24.5 Å². The standard InChI is InChI=1S/C8H8OTe/c9-7-1-2-8-6(5-7)3-4-10-8/h1-2,5,9H,3-4H2. The van der Waals surface area contributed by atoms with E-state index in [1.807, 2.05) is 6.07 Å². The number of aromatic hydroxyl groups is 1. The molecule has 0 bridgehead atoms. The minimum atomic E-state index is 0.137. The molecule has 52 valence electrons. The molecule has 1 nitrogen and oxygen atoms in total. The van der Waals surface area contributed by atoms with Crippen molar-refractivity contribution in [3.05, 3.63) is 23.8 Å². The van der Waals surface area contributed by atoms with E-state index in [0.717, 1.165) is 0 Å². The van der Waals surface area contributed by atoms with Crippen LogP contribution in [-0.4, -0.2) is 26.0 Å². The first-order chi connectivity index (χ1) is 4.86. The monoisotopic (exact) mass is 250 g/mol. The van der Waals surface area contributed by atoms with Crippen LogP contribution in [0, 0.1) is 0 Å². The molecule has 1 aliphatic rings. The first kappa shape index (κ1) is 6.52. The fourth-order valence-corrected chi connectivity index (χ4v) is 4.18. The van der Waals surface area contributed by atoms with Gasteiger partial charge in [-0.05, 0) is 0 Å². The van der Waals surface area contributed by atoms with Crippen LogP contribution < -0.4 is 3.61 Å². The molecule has 0 fully saturated rings. The maximum absolute atomic E-state index is 9.11. The van der Waals surface area contributed by atoms with E-state index in [9.17, 15) is 0 Å². The second-order valence-electron chi connectivity index (χ2n) is 2.39. The Balaban J connectivity index is 2.52. The van der Waals surface area contributed by atoms with Gasteiger partial charge in [0.05, 0.1) is 0 Å². The van der Waals surface area contributed by atoms with Gasteiger partial charge in [0, 0.05) is 0 Å². The van der Waals surface area contributed by atoms with E-state index in [-0.39, 0.29) is 20.9 Å². The molecule has 0 unspecified atom stereocenters. The van der Waals surface area contributed by atoms with Gasteiger partial charge in [0.25, 0.3) is 0 Å². The van der Waals surface area contributed by atoms with Crippen LogP contribution in [-0.2, 0) is 6.42 Å². The molecule has 2 heteroatoms. The normalized spacial score (nSPS) is 15.2. The molecular weight excluding hydrogens is 240 g/mol. The van der Waals surface area contributed by atoms with Gasteiger partial charge >= 0.3 is 70.0 Å². The van der Waals surface area contributed by atoms with Crippen molar-refractivity contribution in [1.82, 2.24) is 0 Å². The minimum absolute atomic E-state index is 0.137. The Bertz CT molecular complexity index is 257. The second kappa shape index (κ2) is 2.45. The number of rotatable bonds is 0. The number of phenols is 1. The summed E-state index contributed by atoms with van der Waals surface area (Å²) in [6.45, 7) is 0. The van der Waals surface area contributed by atoms with Gasteiger partial charge in [0.15, 0.2) is 0 Å². The molecule has 10 heavy (non-hydrogen) atoms. The summed E-state index contributed by atoms with van der Waals surface area (Å²) >= 11 is 0.137. The van der Waals surface area contributed by atoms with Crippen LogP contribution in [0.3, 0.4) is 0 Å². The fraction of sp³-hybridized carbons (Fsp3) is 0.250. The fourth-order valence-electron chi connectivity index (χ4n) is 1.17. The summed E-state index contributed by atoms with van der Waals surface area (Å²) in [5.74, 6) is 0.424. The number of benzene rings is 1. The van der Waals surface area contributed by atoms with Gasteiger partial charge in [0.2, 0.25) is 0 Å². The molecule has 0 atom stereocenters. The van der Waals surface area contributed by atoms with E-state index in [1.54, 1.807) is 9.68 Å². The van der Waals surface area contributed by atoms with Gasteiger partial charge in [-0.15, -0.1) is 0 Å². The van der Waals surface area contributed by atoms with Crippen LogP contribution in [0.1, 0.15) is 5.56 Å². The zero-order valence-corrected chi connectivity index (χ0v) is 7.83. The molecule has 1 aliphatic heterocycles. The molecule has 0 amide bonds. The van der Waals surface area contributed by atoms with Crippen LogP contribution in [0.25, 0.3) is 0 Å². The predicted octanol–water partition coefficient (Wildman–Crippen LogP) is 0.696. The summed E-state index contributed by atoms with van der Waals surface area (Å²) in [7, 11) is 0. The third-order valence-electron chi connectivity index (χ3n) is 1.67. The SMILES string of the molecule is Oc1ccc2c(c1)CC[Te]2. The Labute approximate surface area is 70.2 Å². The van der Waals surface area contributed by atoms with E-state index in [1.165, 1.54) is 16.5 Å². The summed E-state index contributed by atoms with van der Waals surface area (Å²) in [4.78, 5) is 0. The molecule has 0 saturated heterocycles. The van der Waals surface area contributed by atoms with Crippen molar-refractivity contribution in [1.29, 1.82) is 0 Å². The first-order valence-corrected chi connectivity index (χ1v) is 6.12. The van der Waals surface area contributed by atoms with Crippen LogP contribution in [0.15, 0.2) is 18.2 Å². The molecule has 2 rings (SSSR count). The Kier molecular flexibility index (Phi) is 1.60. The van der Waals surface area contributed by atoms with Gasteiger partial charge in [-0.25, -0.2) is 0 Å². The van der Waals surface area contributed by atoms with Gasteiger partial charge in [-0.3, -0.25) is 0 Å². The predicted molar refractivity (Wildman–Crippen MR) is 42.0 cm³/mol. The van der Waals surface area contributed by atoms with Crippen molar-refractivity contribution in [2.45, 2.75) is 10.9 Å². The Hall–Kier alpha value is -0.190. The number of hydrogen-bond acceptors (Lipinski definition) is 1. The van der Waals surface area contributed by atoms with Crippen molar-refractivity contribution in [2.24, 2.45) is 0 Å². The number of hydrogen-bond donors (Lipinski definition) is 1. The molecule has 0 spiro atoms. The topological polar surface area (TPSA) is 20.2 Å². The van der Waals surface area contributed by atoms with Gasteiger partial charge in [0.1, 0.15) is 0 Å². The van der Waals surface area contributed by atoms with Gasteiger partial charge in [-0.2, -0.15) is 0 Å². The van der Waals surface area contributed by atoms with Crippen LogP contribution in [0.2, 0.25) is 4.47 Å². The van der Waals surface area contributed by atoms with Crippen molar-refractivity contribution in [3.8, 4) is 5.75 Å². The van der Waals surface area contributed by atoms with Crippen LogP contribution in [0.5, 0.6) is 5.75 Å². The summed E-state index contributed by atoms with van der Waals surface area (Å²) in [5, 5.41) is 9.11. The maximum atomic E-state index is 9.11. The quantitative estimate of drug-likeness (QED) is 0.669. The third-order valence-corrected chi connectivity index (χ3v) is 4.86. The zero-order valence-electron chi connectivity index (χ0n) is 5.50. The molecule has 1 N–H and O–H groups in total. The Morgan fingerprint density at radius 3 is 3.20 bits per heavy atom. The second-order valence-corrected chi connectivity index (χ2v) is 5.63. The summed E-state index contributed by atoms with van der Waals surface area (Å²) < 4.78 is 2.92. The van der Waals surface area contributed by atoms with E-state index < -0.39 is 0 Å². The van der Waals surface area contributed by atoms with E-state index in [0.29, 0.717) is 5.75 Å². The van der Waals surface area contributed by atoms with Gasteiger partial charge in [-0.1, -0.05) is 0 Å². The Morgan fingerprint density at radius 2 is 2.30 bits per heavy atom. The third kappa shape index (κ3) is 1.02. The summed E-state index contributed by atoms with van der Waals surface area (Å²) in [5.41, 5.74) is 1.39. The molecule has 1 heterocycles. The molecule has 0 saturated carbocycles. The number of aryl methyl sites for hydroxylation is 1. The Morgan fingerprint density at radius 1 is 1.40 bits per heavy atom. The average molecular weight is 248 g/mol. The number of phenolic OH excluding ortho intramolecular Hbond substituents is 1. The van der Waals surface area contributed by atoms with E-state index in [4.69, 9.17) is 5.11 Å². The molecular formula is C8H8OTe. The molecule has 1 aromatic rings. The summed E-state index contributed by atoms with van der Waals surface area (Å²) in [6, 6.07) is 5.79. The average Bonchev–Trinajstić information content (AvgIpc) is 2.33. The van der Waals surface area contributed by atoms with Crippen LogP contribution in [0.4, 0.5) is 0 Å². The molecule has 1 aromatic carbocycles. The van der Waals surface area contributed by atoms with Crippen molar-refractivity contribution in [3.63, 3.8) is 0 Å². The number of fused-ring (bicyclic) bond motifs is 1. The zero-order chi connectivity index (χ0) is 6.97. The van der Waals surface area contributed by atoms with E-state index >= 15 is 0 Å².